The van der Waals surface area contributed by atoms with Crippen molar-refractivity contribution in [2.45, 2.75) is 32.5 Å². The van der Waals surface area contributed by atoms with Gasteiger partial charge in [-0.25, -0.2) is 0 Å². The smallest absolute Gasteiger partial charge is 0.297 e. The van der Waals surface area contributed by atoms with Crippen LogP contribution in [0.15, 0.2) is 24.4 Å². The highest BCUT2D eigenvalue weighted by molar-refractivity contribution is 5.63. The van der Waals surface area contributed by atoms with E-state index < -0.39 is 11.7 Å². The van der Waals surface area contributed by atoms with Crippen molar-refractivity contribution in [1.29, 1.82) is 0 Å². The van der Waals surface area contributed by atoms with E-state index in [1.165, 1.54) is 6.07 Å². The number of aromatic nitrogens is 1. The average molecular weight is 270 g/mol. The first kappa shape index (κ1) is 14.1. The topological polar surface area (TPSA) is 16.1 Å². The standard InChI is InChI=1S/C14H17F3N2/c1-10(2)19-7-5-11(6-8-19)13-4-3-12(9-18-13)14(15,16)17/h3-5,9-10H,6-8H2,1-2H3. The summed E-state index contributed by atoms with van der Waals surface area (Å²) in [4.78, 5) is 6.24. The normalized spacial score (nSPS) is 17.7. The van der Waals surface area contributed by atoms with Gasteiger partial charge in [0.25, 0.3) is 0 Å². The summed E-state index contributed by atoms with van der Waals surface area (Å²) < 4.78 is 37.3. The Bertz CT molecular complexity index is 461. The minimum absolute atomic E-state index is 0.485. The summed E-state index contributed by atoms with van der Waals surface area (Å²) in [5.41, 5.74) is 0.985. The van der Waals surface area contributed by atoms with Gasteiger partial charge in [0.15, 0.2) is 0 Å². The van der Waals surface area contributed by atoms with Crippen LogP contribution < -0.4 is 0 Å². The van der Waals surface area contributed by atoms with E-state index in [9.17, 15) is 13.2 Å². The molecule has 1 aromatic heterocycles. The maximum absolute atomic E-state index is 12.4. The van der Waals surface area contributed by atoms with Crippen molar-refractivity contribution >= 4 is 5.57 Å². The molecule has 0 atom stereocenters. The van der Waals surface area contributed by atoms with Gasteiger partial charge in [-0.3, -0.25) is 9.88 Å². The first-order valence-corrected chi connectivity index (χ1v) is 6.34. The molecule has 1 aliphatic rings. The average Bonchev–Trinajstić information content (AvgIpc) is 2.38. The number of hydrogen-bond donors (Lipinski definition) is 0. The van der Waals surface area contributed by atoms with Gasteiger partial charge in [0.2, 0.25) is 0 Å². The second kappa shape index (κ2) is 5.33. The van der Waals surface area contributed by atoms with E-state index >= 15 is 0 Å². The zero-order chi connectivity index (χ0) is 14.0. The number of pyridine rings is 1. The molecule has 0 spiro atoms. The van der Waals surface area contributed by atoms with Crippen LogP contribution in [0.1, 0.15) is 31.5 Å². The molecule has 0 N–H and O–H groups in total. The highest BCUT2D eigenvalue weighted by Crippen LogP contribution is 2.30. The molecule has 19 heavy (non-hydrogen) atoms. The van der Waals surface area contributed by atoms with E-state index in [-0.39, 0.29) is 0 Å². The first-order valence-electron chi connectivity index (χ1n) is 6.34. The third-order valence-electron chi connectivity index (χ3n) is 3.39. The molecule has 0 amide bonds. The lowest BCUT2D eigenvalue weighted by Crippen LogP contribution is -2.34. The van der Waals surface area contributed by atoms with Crippen LogP contribution >= 0.6 is 0 Å². The van der Waals surface area contributed by atoms with Crippen LogP contribution in [0.2, 0.25) is 0 Å². The Labute approximate surface area is 110 Å². The molecule has 1 aromatic rings. The number of nitrogens with zero attached hydrogens (tertiary/aromatic N) is 2. The van der Waals surface area contributed by atoms with Crippen LogP contribution in [0.3, 0.4) is 0 Å². The Morgan fingerprint density at radius 3 is 2.42 bits per heavy atom. The molecule has 1 aliphatic heterocycles. The Kier molecular flexibility index (Phi) is 3.94. The highest BCUT2D eigenvalue weighted by Gasteiger charge is 2.30. The van der Waals surface area contributed by atoms with Gasteiger partial charge < -0.3 is 0 Å². The molecule has 5 heteroatoms. The molecule has 0 bridgehead atoms. The minimum atomic E-state index is -4.32. The molecule has 0 radical (unpaired) electrons. The van der Waals surface area contributed by atoms with E-state index in [0.29, 0.717) is 11.7 Å². The van der Waals surface area contributed by atoms with Gasteiger partial charge in [0.05, 0.1) is 11.3 Å². The Morgan fingerprint density at radius 1 is 1.26 bits per heavy atom. The van der Waals surface area contributed by atoms with Crippen molar-refractivity contribution < 1.29 is 13.2 Å². The number of halogens is 3. The fourth-order valence-electron chi connectivity index (χ4n) is 2.14. The lowest BCUT2D eigenvalue weighted by Gasteiger charge is -2.29. The SMILES string of the molecule is CC(C)N1CC=C(c2ccc(C(F)(F)F)cn2)CC1. The lowest BCUT2D eigenvalue weighted by molar-refractivity contribution is -0.137. The highest BCUT2D eigenvalue weighted by atomic mass is 19.4. The van der Waals surface area contributed by atoms with Crippen LogP contribution in [0.4, 0.5) is 13.2 Å². The third-order valence-corrected chi connectivity index (χ3v) is 3.39. The maximum atomic E-state index is 12.4. The van der Waals surface area contributed by atoms with E-state index in [0.717, 1.165) is 37.3 Å². The second-order valence-corrected chi connectivity index (χ2v) is 5.00. The molecule has 2 heterocycles. The van der Waals surface area contributed by atoms with Crippen molar-refractivity contribution in [2.24, 2.45) is 0 Å². The van der Waals surface area contributed by atoms with E-state index in [1.807, 2.05) is 0 Å². The summed E-state index contributed by atoms with van der Waals surface area (Å²) in [5, 5.41) is 0. The minimum Gasteiger partial charge on any atom is -0.297 e. The summed E-state index contributed by atoms with van der Waals surface area (Å²) in [6.45, 7) is 6.02. The molecular formula is C14H17F3N2. The van der Waals surface area contributed by atoms with Gasteiger partial charge in [-0.05, 0) is 38.0 Å². The molecule has 2 rings (SSSR count). The molecule has 0 aliphatic carbocycles. The van der Waals surface area contributed by atoms with Crippen molar-refractivity contribution in [1.82, 2.24) is 9.88 Å². The number of hydrogen-bond acceptors (Lipinski definition) is 2. The van der Waals surface area contributed by atoms with E-state index in [4.69, 9.17) is 0 Å². The summed E-state index contributed by atoms with van der Waals surface area (Å²) in [7, 11) is 0. The zero-order valence-corrected chi connectivity index (χ0v) is 11.0. The van der Waals surface area contributed by atoms with Crippen LogP contribution in [0, 0.1) is 0 Å². The molecule has 0 aromatic carbocycles. The van der Waals surface area contributed by atoms with Crippen LogP contribution in [0.5, 0.6) is 0 Å². The molecule has 0 fully saturated rings. The van der Waals surface area contributed by atoms with Crippen molar-refractivity contribution in [2.75, 3.05) is 13.1 Å². The van der Waals surface area contributed by atoms with Crippen molar-refractivity contribution in [3.05, 3.63) is 35.7 Å². The Morgan fingerprint density at radius 2 is 2.00 bits per heavy atom. The quantitative estimate of drug-likeness (QED) is 0.816. The van der Waals surface area contributed by atoms with E-state index in [2.05, 4.69) is 29.8 Å². The maximum Gasteiger partial charge on any atom is 0.417 e. The summed E-state index contributed by atoms with van der Waals surface area (Å²) in [6, 6.07) is 3.04. The third kappa shape index (κ3) is 3.35. The molecular weight excluding hydrogens is 253 g/mol. The fraction of sp³-hybridized carbons (Fsp3) is 0.500. The summed E-state index contributed by atoms with van der Waals surface area (Å²) >= 11 is 0. The monoisotopic (exact) mass is 270 g/mol. The van der Waals surface area contributed by atoms with Crippen molar-refractivity contribution in [3.63, 3.8) is 0 Å². The van der Waals surface area contributed by atoms with Crippen LogP contribution in [-0.2, 0) is 6.18 Å². The predicted molar refractivity (Wildman–Crippen MR) is 68.5 cm³/mol. The molecule has 0 unspecified atom stereocenters. The summed E-state index contributed by atoms with van der Waals surface area (Å²) in [6.07, 6.45) is -0.526. The number of rotatable bonds is 2. The molecule has 104 valence electrons. The van der Waals surface area contributed by atoms with Crippen LogP contribution in [-0.4, -0.2) is 29.0 Å². The van der Waals surface area contributed by atoms with Gasteiger partial charge in [-0.1, -0.05) is 6.08 Å². The Hall–Kier alpha value is -1.36. The van der Waals surface area contributed by atoms with Crippen molar-refractivity contribution in [3.8, 4) is 0 Å². The second-order valence-electron chi connectivity index (χ2n) is 5.00. The predicted octanol–water partition coefficient (Wildman–Crippen LogP) is 3.60. The molecule has 2 nitrogen and oxygen atoms in total. The van der Waals surface area contributed by atoms with Gasteiger partial charge >= 0.3 is 6.18 Å². The lowest BCUT2D eigenvalue weighted by atomic mass is 10.0. The van der Waals surface area contributed by atoms with Gasteiger partial charge in [0, 0.05) is 25.3 Å². The van der Waals surface area contributed by atoms with Crippen LogP contribution in [0.25, 0.3) is 5.57 Å². The van der Waals surface area contributed by atoms with Gasteiger partial charge in [0.1, 0.15) is 0 Å². The molecule has 0 saturated carbocycles. The molecule has 0 saturated heterocycles. The Balaban J connectivity index is 2.12. The number of alkyl halides is 3. The van der Waals surface area contributed by atoms with E-state index in [1.54, 1.807) is 0 Å². The fourth-order valence-corrected chi connectivity index (χ4v) is 2.14. The summed E-state index contributed by atoms with van der Waals surface area (Å²) in [5.74, 6) is 0. The van der Waals surface area contributed by atoms with Gasteiger partial charge in [-0.15, -0.1) is 0 Å². The zero-order valence-electron chi connectivity index (χ0n) is 11.0. The first-order chi connectivity index (χ1) is 8.88. The largest absolute Gasteiger partial charge is 0.417 e. The van der Waals surface area contributed by atoms with Gasteiger partial charge in [-0.2, -0.15) is 13.2 Å².